The quantitative estimate of drug-likeness (QED) is 0.924. The minimum atomic E-state index is -0.369. The molecule has 1 atom stereocenters. The molecule has 3 rings (SSSR count). The lowest BCUT2D eigenvalue weighted by Crippen LogP contribution is -2.19. The normalized spacial score (nSPS) is 14.6. The smallest absolute Gasteiger partial charge is 0.142 e. The monoisotopic (exact) mass is 305 g/mol. The Bertz CT molecular complexity index is 659. The summed E-state index contributed by atoms with van der Waals surface area (Å²) in [6.45, 7) is 0.755. The lowest BCUT2D eigenvalue weighted by molar-refractivity contribution is 0.356. The van der Waals surface area contributed by atoms with Crippen molar-refractivity contribution in [2.24, 2.45) is 0 Å². The van der Waals surface area contributed by atoms with Crippen molar-refractivity contribution in [2.45, 2.75) is 18.9 Å². The number of nitrogens with one attached hydrogen (secondary N) is 1. The molecule has 1 aliphatic rings. The summed E-state index contributed by atoms with van der Waals surface area (Å²) in [6, 6.07) is 11.4. The summed E-state index contributed by atoms with van der Waals surface area (Å²) in [5, 5.41) is 3.46. The van der Waals surface area contributed by atoms with Crippen LogP contribution in [0.3, 0.4) is 0 Å². The van der Waals surface area contributed by atoms with Gasteiger partial charge in [0.25, 0.3) is 0 Å². The molecule has 110 valence electrons. The molecule has 0 bridgehead atoms. The first-order valence-electron chi connectivity index (χ1n) is 7.04. The van der Waals surface area contributed by atoms with Crippen molar-refractivity contribution in [3.05, 3.63) is 63.9 Å². The van der Waals surface area contributed by atoms with Gasteiger partial charge >= 0.3 is 0 Å². The molecule has 2 aromatic rings. The van der Waals surface area contributed by atoms with Crippen LogP contribution in [0, 0.1) is 5.82 Å². The van der Waals surface area contributed by atoms with E-state index in [1.807, 2.05) is 19.2 Å². The summed E-state index contributed by atoms with van der Waals surface area (Å²) < 4.78 is 19.1. The van der Waals surface area contributed by atoms with Gasteiger partial charge in [-0.15, -0.1) is 0 Å². The number of rotatable bonds is 4. The summed E-state index contributed by atoms with van der Waals surface area (Å²) in [7, 11) is 1.92. The van der Waals surface area contributed by atoms with Crippen molar-refractivity contribution >= 4 is 11.6 Å². The number of hydrogen-bond acceptors (Lipinski definition) is 2. The van der Waals surface area contributed by atoms with Gasteiger partial charge in [-0.3, -0.25) is 0 Å². The van der Waals surface area contributed by atoms with Crippen LogP contribution >= 0.6 is 11.6 Å². The molecule has 4 heteroatoms. The largest absolute Gasteiger partial charge is 0.493 e. The number of halogens is 2. The summed E-state index contributed by atoms with van der Waals surface area (Å²) in [5.41, 5.74) is 3.36. The highest BCUT2D eigenvalue weighted by molar-refractivity contribution is 6.30. The highest BCUT2D eigenvalue weighted by atomic mass is 35.5. The maximum absolute atomic E-state index is 13.5. The number of ether oxygens (including phenoxy) is 1. The molecule has 1 N–H and O–H groups in total. The van der Waals surface area contributed by atoms with Crippen molar-refractivity contribution in [1.82, 2.24) is 5.32 Å². The van der Waals surface area contributed by atoms with Crippen LogP contribution in [0.1, 0.15) is 22.7 Å². The Hall–Kier alpha value is -1.58. The standard InChI is InChI=1S/C17H17ClFNO/c1-20-16(9-11-2-4-14(18)15(19)8-11)12-3-5-17-13(10-12)6-7-21-17/h2-5,8,10,16,20H,6-7,9H2,1H3. The van der Waals surface area contributed by atoms with E-state index in [-0.39, 0.29) is 16.9 Å². The van der Waals surface area contributed by atoms with Gasteiger partial charge in [0, 0.05) is 12.5 Å². The minimum Gasteiger partial charge on any atom is -0.493 e. The van der Waals surface area contributed by atoms with Gasteiger partial charge in [0.05, 0.1) is 11.6 Å². The molecule has 1 aliphatic heterocycles. The van der Waals surface area contributed by atoms with Gasteiger partial charge in [0.1, 0.15) is 11.6 Å². The maximum atomic E-state index is 13.5. The van der Waals surface area contributed by atoms with Gasteiger partial charge in [0.2, 0.25) is 0 Å². The van der Waals surface area contributed by atoms with E-state index in [2.05, 4.69) is 17.4 Å². The van der Waals surface area contributed by atoms with Crippen molar-refractivity contribution in [3.8, 4) is 5.75 Å². The average Bonchev–Trinajstić information content (AvgIpc) is 2.95. The molecular formula is C17H17ClFNO. The zero-order valence-corrected chi connectivity index (χ0v) is 12.6. The highest BCUT2D eigenvalue weighted by Gasteiger charge is 2.16. The SMILES string of the molecule is CNC(Cc1ccc(Cl)c(F)c1)c1ccc2c(c1)CCO2. The molecule has 0 radical (unpaired) electrons. The van der Waals surface area contributed by atoms with Crippen LogP contribution in [0.2, 0.25) is 5.02 Å². The van der Waals surface area contributed by atoms with Gasteiger partial charge < -0.3 is 10.1 Å². The number of fused-ring (bicyclic) bond motifs is 1. The van der Waals surface area contributed by atoms with E-state index in [1.165, 1.54) is 17.2 Å². The van der Waals surface area contributed by atoms with E-state index in [4.69, 9.17) is 16.3 Å². The molecule has 2 nitrogen and oxygen atoms in total. The Morgan fingerprint density at radius 1 is 1.29 bits per heavy atom. The molecule has 0 aliphatic carbocycles. The Morgan fingerprint density at radius 3 is 2.90 bits per heavy atom. The van der Waals surface area contributed by atoms with E-state index < -0.39 is 0 Å². The van der Waals surface area contributed by atoms with Gasteiger partial charge in [-0.25, -0.2) is 4.39 Å². The number of benzene rings is 2. The third-order valence-corrected chi connectivity index (χ3v) is 4.19. The second-order valence-electron chi connectivity index (χ2n) is 5.26. The van der Waals surface area contributed by atoms with Gasteiger partial charge in [0.15, 0.2) is 0 Å². The third kappa shape index (κ3) is 3.04. The fourth-order valence-corrected chi connectivity index (χ4v) is 2.83. The van der Waals surface area contributed by atoms with E-state index in [0.717, 1.165) is 24.3 Å². The fourth-order valence-electron chi connectivity index (χ4n) is 2.71. The Kier molecular flexibility index (Phi) is 4.13. The lowest BCUT2D eigenvalue weighted by atomic mass is 9.97. The zero-order chi connectivity index (χ0) is 14.8. The van der Waals surface area contributed by atoms with Crippen LogP contribution < -0.4 is 10.1 Å². The molecule has 0 fully saturated rings. The van der Waals surface area contributed by atoms with Gasteiger partial charge in [-0.2, -0.15) is 0 Å². The maximum Gasteiger partial charge on any atom is 0.142 e. The first kappa shape index (κ1) is 14.4. The predicted octanol–water partition coefficient (Wildman–Crippen LogP) is 3.92. The van der Waals surface area contributed by atoms with E-state index in [9.17, 15) is 4.39 Å². The van der Waals surface area contributed by atoms with Gasteiger partial charge in [-0.1, -0.05) is 29.8 Å². The predicted molar refractivity (Wildman–Crippen MR) is 82.6 cm³/mol. The summed E-state index contributed by atoms with van der Waals surface area (Å²) in [6.07, 6.45) is 1.67. The molecule has 0 amide bonds. The van der Waals surface area contributed by atoms with Crippen LogP contribution in [0.5, 0.6) is 5.75 Å². The van der Waals surface area contributed by atoms with Crippen molar-refractivity contribution in [1.29, 1.82) is 0 Å². The van der Waals surface area contributed by atoms with E-state index in [1.54, 1.807) is 6.07 Å². The van der Waals surface area contributed by atoms with E-state index >= 15 is 0 Å². The zero-order valence-electron chi connectivity index (χ0n) is 11.8. The summed E-state index contributed by atoms with van der Waals surface area (Å²) >= 11 is 5.73. The second kappa shape index (κ2) is 6.04. The molecular weight excluding hydrogens is 289 g/mol. The Morgan fingerprint density at radius 2 is 2.14 bits per heavy atom. The molecule has 0 saturated heterocycles. The van der Waals surface area contributed by atoms with Crippen molar-refractivity contribution in [2.75, 3.05) is 13.7 Å². The first-order valence-corrected chi connectivity index (χ1v) is 7.42. The Balaban J connectivity index is 1.83. The molecule has 0 spiro atoms. The van der Waals surface area contributed by atoms with Crippen LogP contribution in [0.4, 0.5) is 4.39 Å². The molecule has 1 unspecified atom stereocenters. The van der Waals surface area contributed by atoms with Crippen LogP contribution in [-0.2, 0) is 12.8 Å². The highest BCUT2D eigenvalue weighted by Crippen LogP contribution is 2.29. The van der Waals surface area contributed by atoms with E-state index in [0.29, 0.717) is 6.42 Å². The molecule has 21 heavy (non-hydrogen) atoms. The number of likely N-dealkylation sites (N-methyl/N-ethyl adjacent to an activating group) is 1. The topological polar surface area (TPSA) is 21.3 Å². The lowest BCUT2D eigenvalue weighted by Gasteiger charge is -2.18. The second-order valence-corrected chi connectivity index (χ2v) is 5.67. The number of hydrogen-bond donors (Lipinski definition) is 1. The van der Waals surface area contributed by atoms with Crippen molar-refractivity contribution in [3.63, 3.8) is 0 Å². The molecule has 0 saturated carbocycles. The molecule has 2 aromatic carbocycles. The molecule has 0 aromatic heterocycles. The third-order valence-electron chi connectivity index (χ3n) is 3.89. The van der Waals surface area contributed by atoms with Crippen LogP contribution in [0.25, 0.3) is 0 Å². The average molecular weight is 306 g/mol. The van der Waals surface area contributed by atoms with Crippen LogP contribution in [0.15, 0.2) is 36.4 Å². The van der Waals surface area contributed by atoms with Crippen molar-refractivity contribution < 1.29 is 9.13 Å². The first-order chi connectivity index (χ1) is 10.2. The minimum absolute atomic E-state index is 0.136. The molecule has 1 heterocycles. The van der Waals surface area contributed by atoms with Crippen LogP contribution in [-0.4, -0.2) is 13.7 Å². The van der Waals surface area contributed by atoms with Gasteiger partial charge in [-0.05, 0) is 48.4 Å². The summed E-state index contributed by atoms with van der Waals surface area (Å²) in [4.78, 5) is 0. The fraction of sp³-hybridized carbons (Fsp3) is 0.294. The summed E-state index contributed by atoms with van der Waals surface area (Å²) in [5.74, 6) is 0.609. The Labute approximate surface area is 128 Å².